The van der Waals surface area contributed by atoms with Crippen molar-refractivity contribution in [3.8, 4) is 0 Å². The summed E-state index contributed by atoms with van der Waals surface area (Å²) in [5.74, 6) is 0.955. The Morgan fingerprint density at radius 1 is 1.25 bits per heavy atom. The minimum atomic E-state index is 0.105. The molecule has 0 fully saturated rings. The van der Waals surface area contributed by atoms with Crippen LogP contribution in [-0.2, 0) is 13.1 Å². The fraction of sp³-hybridized carbons (Fsp3) is 0.200. The topological polar surface area (TPSA) is 74.7 Å². The first-order chi connectivity index (χ1) is 9.67. The molecule has 0 radical (unpaired) electrons. The first-order valence-corrected chi connectivity index (χ1v) is 6.45. The predicted octanol–water partition coefficient (Wildman–Crippen LogP) is 2.00. The number of oxime groups is 1. The molecule has 20 heavy (non-hydrogen) atoms. The number of rotatable bonds is 2. The van der Waals surface area contributed by atoms with E-state index in [2.05, 4.69) is 27.2 Å². The van der Waals surface area contributed by atoms with Gasteiger partial charge in [-0.05, 0) is 30.2 Å². The Hall–Kier alpha value is -2.56. The molecule has 0 amide bonds. The Balaban J connectivity index is 1.95. The molecule has 102 valence electrons. The minimum absolute atomic E-state index is 0.105. The van der Waals surface area contributed by atoms with Gasteiger partial charge in [-0.25, -0.2) is 4.98 Å². The van der Waals surface area contributed by atoms with Gasteiger partial charge >= 0.3 is 0 Å². The largest absolute Gasteiger partial charge is 0.409 e. The van der Waals surface area contributed by atoms with Crippen molar-refractivity contribution in [2.45, 2.75) is 20.0 Å². The van der Waals surface area contributed by atoms with Crippen LogP contribution in [0.1, 0.15) is 22.4 Å². The molecule has 1 aliphatic rings. The number of anilines is 1. The van der Waals surface area contributed by atoms with Gasteiger partial charge in [0.2, 0.25) is 0 Å². The van der Waals surface area contributed by atoms with E-state index >= 15 is 0 Å². The minimum Gasteiger partial charge on any atom is -0.409 e. The number of hydrogen-bond acceptors (Lipinski definition) is 4. The van der Waals surface area contributed by atoms with Gasteiger partial charge in [0, 0.05) is 24.3 Å². The summed E-state index contributed by atoms with van der Waals surface area (Å²) < 4.78 is 0. The van der Waals surface area contributed by atoms with Gasteiger partial charge in [-0.15, -0.1) is 0 Å². The van der Waals surface area contributed by atoms with Gasteiger partial charge < -0.3 is 15.8 Å². The van der Waals surface area contributed by atoms with Gasteiger partial charge in [-0.2, -0.15) is 0 Å². The van der Waals surface area contributed by atoms with E-state index in [0.29, 0.717) is 5.56 Å². The molecule has 3 N–H and O–H groups in total. The van der Waals surface area contributed by atoms with Crippen LogP contribution in [0.15, 0.2) is 41.6 Å². The maximum absolute atomic E-state index is 8.81. The standard InChI is InChI=1S/C15H16N4O/c1-10-6-13(15(16)18-20)7-14(17-10)19-8-11-4-2-3-5-12(11)9-19/h2-7,20H,8-9H2,1H3,(H2,16,18). The molecule has 3 rings (SSSR count). The highest BCUT2D eigenvalue weighted by Crippen LogP contribution is 2.27. The number of benzene rings is 1. The smallest absolute Gasteiger partial charge is 0.170 e. The van der Waals surface area contributed by atoms with Gasteiger partial charge in [-0.1, -0.05) is 29.4 Å². The summed E-state index contributed by atoms with van der Waals surface area (Å²) in [6, 6.07) is 12.0. The van der Waals surface area contributed by atoms with E-state index in [4.69, 9.17) is 10.9 Å². The van der Waals surface area contributed by atoms with Gasteiger partial charge in [0.15, 0.2) is 5.84 Å². The quantitative estimate of drug-likeness (QED) is 0.378. The van der Waals surface area contributed by atoms with Crippen LogP contribution in [0.25, 0.3) is 0 Å². The highest BCUT2D eigenvalue weighted by Gasteiger charge is 2.20. The molecule has 0 atom stereocenters. The molecule has 1 aromatic heterocycles. The van der Waals surface area contributed by atoms with Crippen LogP contribution in [-0.4, -0.2) is 16.0 Å². The van der Waals surface area contributed by atoms with Crippen LogP contribution in [0.4, 0.5) is 5.82 Å². The summed E-state index contributed by atoms with van der Waals surface area (Å²) in [6.07, 6.45) is 0. The van der Waals surface area contributed by atoms with Crippen LogP contribution in [0.5, 0.6) is 0 Å². The Labute approximate surface area is 117 Å². The lowest BCUT2D eigenvalue weighted by atomic mass is 10.1. The highest BCUT2D eigenvalue weighted by molar-refractivity contribution is 5.97. The maximum Gasteiger partial charge on any atom is 0.170 e. The molecule has 1 aromatic carbocycles. The number of nitrogens with two attached hydrogens (primary N) is 1. The van der Waals surface area contributed by atoms with Crippen LogP contribution >= 0.6 is 0 Å². The third-order valence-electron chi connectivity index (χ3n) is 3.51. The van der Waals surface area contributed by atoms with Crippen molar-refractivity contribution in [2.75, 3.05) is 4.90 Å². The second kappa shape index (κ2) is 4.85. The molecule has 5 heteroatoms. The van der Waals surface area contributed by atoms with Crippen LogP contribution < -0.4 is 10.6 Å². The summed E-state index contributed by atoms with van der Waals surface area (Å²) in [5.41, 5.74) is 9.84. The number of fused-ring (bicyclic) bond motifs is 1. The fourth-order valence-corrected chi connectivity index (χ4v) is 2.51. The monoisotopic (exact) mass is 268 g/mol. The molecule has 0 bridgehead atoms. The van der Waals surface area contributed by atoms with Crippen LogP contribution in [0, 0.1) is 6.92 Å². The zero-order chi connectivity index (χ0) is 14.1. The average molecular weight is 268 g/mol. The maximum atomic E-state index is 8.81. The van der Waals surface area contributed by atoms with E-state index in [-0.39, 0.29) is 5.84 Å². The van der Waals surface area contributed by atoms with E-state index in [1.807, 2.05) is 31.2 Å². The van der Waals surface area contributed by atoms with Crippen molar-refractivity contribution in [1.82, 2.24) is 4.98 Å². The number of nitrogens with zero attached hydrogens (tertiary/aromatic N) is 3. The molecule has 1 aliphatic heterocycles. The summed E-state index contributed by atoms with van der Waals surface area (Å²) in [4.78, 5) is 6.74. The van der Waals surface area contributed by atoms with Crippen molar-refractivity contribution in [1.29, 1.82) is 0 Å². The van der Waals surface area contributed by atoms with E-state index < -0.39 is 0 Å². The number of aromatic nitrogens is 1. The third kappa shape index (κ3) is 2.18. The van der Waals surface area contributed by atoms with E-state index in [1.54, 1.807) is 0 Å². The number of pyridine rings is 1. The van der Waals surface area contributed by atoms with Gasteiger partial charge in [0.05, 0.1) is 0 Å². The average Bonchev–Trinajstić information content (AvgIpc) is 2.89. The first kappa shape index (κ1) is 12.5. The highest BCUT2D eigenvalue weighted by atomic mass is 16.4. The predicted molar refractivity (Wildman–Crippen MR) is 77.8 cm³/mol. The zero-order valence-corrected chi connectivity index (χ0v) is 11.2. The van der Waals surface area contributed by atoms with Crippen molar-refractivity contribution in [3.05, 3.63) is 58.8 Å². The van der Waals surface area contributed by atoms with E-state index in [0.717, 1.165) is 24.6 Å². The lowest BCUT2D eigenvalue weighted by Crippen LogP contribution is -2.19. The Bertz CT molecular complexity index is 656. The second-order valence-corrected chi connectivity index (χ2v) is 4.97. The number of amidine groups is 1. The lowest BCUT2D eigenvalue weighted by molar-refractivity contribution is 0.318. The van der Waals surface area contributed by atoms with Crippen LogP contribution in [0.3, 0.4) is 0 Å². The Kier molecular flexibility index (Phi) is 3.02. The third-order valence-corrected chi connectivity index (χ3v) is 3.51. The van der Waals surface area contributed by atoms with Crippen molar-refractivity contribution >= 4 is 11.7 Å². The molecule has 0 aliphatic carbocycles. The van der Waals surface area contributed by atoms with Crippen LogP contribution in [0.2, 0.25) is 0 Å². The van der Waals surface area contributed by atoms with Gasteiger partial charge in [0.1, 0.15) is 5.82 Å². The Morgan fingerprint density at radius 2 is 1.90 bits per heavy atom. The molecule has 5 nitrogen and oxygen atoms in total. The molecule has 0 spiro atoms. The SMILES string of the molecule is Cc1cc(/C(N)=N/O)cc(N2Cc3ccccc3C2)n1. The first-order valence-electron chi connectivity index (χ1n) is 6.45. The van der Waals surface area contributed by atoms with Crippen molar-refractivity contribution in [3.63, 3.8) is 0 Å². The van der Waals surface area contributed by atoms with E-state index in [1.165, 1.54) is 11.1 Å². The van der Waals surface area contributed by atoms with Gasteiger partial charge in [-0.3, -0.25) is 0 Å². The van der Waals surface area contributed by atoms with E-state index in [9.17, 15) is 0 Å². The summed E-state index contributed by atoms with van der Waals surface area (Å²) >= 11 is 0. The Morgan fingerprint density at radius 3 is 2.50 bits per heavy atom. The van der Waals surface area contributed by atoms with Gasteiger partial charge in [0.25, 0.3) is 0 Å². The van der Waals surface area contributed by atoms with Crippen molar-refractivity contribution in [2.24, 2.45) is 10.9 Å². The summed E-state index contributed by atoms with van der Waals surface area (Å²) in [7, 11) is 0. The normalized spacial score (nSPS) is 14.4. The zero-order valence-electron chi connectivity index (χ0n) is 11.2. The summed E-state index contributed by atoms with van der Waals surface area (Å²) in [5, 5.41) is 11.9. The molecule has 2 heterocycles. The molecule has 0 saturated heterocycles. The summed E-state index contributed by atoms with van der Waals surface area (Å²) in [6.45, 7) is 3.57. The molecule has 0 unspecified atom stereocenters. The van der Waals surface area contributed by atoms with Crippen molar-refractivity contribution < 1.29 is 5.21 Å². The molecular formula is C15H16N4O. The number of hydrogen-bond donors (Lipinski definition) is 2. The lowest BCUT2D eigenvalue weighted by Gasteiger charge is -2.18. The number of aryl methyl sites for hydroxylation is 1. The molecular weight excluding hydrogens is 252 g/mol. The molecule has 2 aromatic rings. The fourth-order valence-electron chi connectivity index (χ4n) is 2.51. The molecule has 0 saturated carbocycles. The second-order valence-electron chi connectivity index (χ2n) is 4.97.